The molecule has 0 N–H and O–H groups in total. The van der Waals surface area contributed by atoms with E-state index in [9.17, 15) is 4.79 Å². The lowest BCUT2D eigenvalue weighted by molar-refractivity contribution is -0.122. The smallest absolute Gasteiger partial charge is 0.139 e. The van der Waals surface area contributed by atoms with Gasteiger partial charge in [0.1, 0.15) is 17.6 Å². The van der Waals surface area contributed by atoms with Crippen molar-refractivity contribution in [3.05, 3.63) is 22.9 Å². The first kappa shape index (κ1) is 10.6. The number of Topliss-reactive ketones (excluding diaryl/α,β-unsaturated/α-hetero) is 1. The van der Waals surface area contributed by atoms with Gasteiger partial charge in [0.05, 0.1) is 6.20 Å². The van der Waals surface area contributed by atoms with Gasteiger partial charge in [-0.25, -0.2) is 0 Å². The van der Waals surface area contributed by atoms with E-state index in [1.807, 2.05) is 6.07 Å². The van der Waals surface area contributed by atoms with Crippen LogP contribution in [0.25, 0.3) is 0 Å². The highest BCUT2D eigenvalue weighted by Gasteiger charge is 2.20. The monoisotopic (exact) mass is 269 g/mol. The lowest BCUT2D eigenvalue weighted by Crippen LogP contribution is -2.25. The molecule has 1 saturated carbocycles. The number of halogens is 1. The number of pyridine rings is 1. The molecule has 4 heteroatoms. The van der Waals surface area contributed by atoms with Crippen LogP contribution >= 0.6 is 15.9 Å². The van der Waals surface area contributed by atoms with Gasteiger partial charge in [0.25, 0.3) is 0 Å². The summed E-state index contributed by atoms with van der Waals surface area (Å²) in [5, 5.41) is 0. The summed E-state index contributed by atoms with van der Waals surface area (Å²) in [6, 6.07) is 1.87. The van der Waals surface area contributed by atoms with E-state index in [-0.39, 0.29) is 6.10 Å². The van der Waals surface area contributed by atoms with Crippen LogP contribution < -0.4 is 4.74 Å². The number of hydrogen-bond donors (Lipinski definition) is 0. The number of ether oxygens (including phenoxy) is 1. The number of carbonyl (C=O) groups excluding carboxylic acids is 1. The fourth-order valence-electron chi connectivity index (χ4n) is 1.73. The molecular weight excluding hydrogens is 258 g/mol. The molecule has 1 unspecified atom stereocenters. The van der Waals surface area contributed by atoms with E-state index >= 15 is 0 Å². The van der Waals surface area contributed by atoms with Crippen LogP contribution in [0.3, 0.4) is 0 Å². The summed E-state index contributed by atoms with van der Waals surface area (Å²) in [6.45, 7) is 0. The average molecular weight is 270 g/mol. The fraction of sp³-hybridized carbons (Fsp3) is 0.455. The van der Waals surface area contributed by atoms with E-state index in [0.717, 1.165) is 23.1 Å². The zero-order chi connectivity index (χ0) is 10.7. The Balaban J connectivity index is 1.99. The Labute approximate surface area is 97.0 Å². The topological polar surface area (TPSA) is 39.2 Å². The maximum Gasteiger partial charge on any atom is 0.139 e. The number of nitrogens with zero attached hydrogens (tertiary/aromatic N) is 1. The van der Waals surface area contributed by atoms with Gasteiger partial charge < -0.3 is 4.74 Å². The average Bonchev–Trinajstić information content (AvgIpc) is 2.17. The highest BCUT2D eigenvalue weighted by Crippen LogP contribution is 2.22. The Morgan fingerprint density at radius 1 is 1.47 bits per heavy atom. The standard InChI is InChI=1S/C11H12BrNO2/c12-8-4-11(7-13-6-8)15-10-3-1-2-9(14)5-10/h4,6-7,10H,1-3,5H2. The van der Waals surface area contributed by atoms with Crippen LogP contribution in [0.1, 0.15) is 25.7 Å². The van der Waals surface area contributed by atoms with Gasteiger partial charge in [0.2, 0.25) is 0 Å². The summed E-state index contributed by atoms with van der Waals surface area (Å²) >= 11 is 3.33. The lowest BCUT2D eigenvalue weighted by atomic mass is 9.96. The van der Waals surface area contributed by atoms with Crippen LogP contribution in [-0.4, -0.2) is 16.9 Å². The summed E-state index contributed by atoms with van der Waals surface area (Å²) in [5.41, 5.74) is 0. The first-order valence-corrected chi connectivity index (χ1v) is 5.82. The molecule has 1 aliphatic carbocycles. The van der Waals surface area contributed by atoms with Crippen LogP contribution in [0.5, 0.6) is 5.75 Å². The van der Waals surface area contributed by atoms with E-state index in [1.54, 1.807) is 12.4 Å². The maximum absolute atomic E-state index is 11.2. The molecule has 80 valence electrons. The Bertz CT molecular complexity index is 367. The Morgan fingerprint density at radius 2 is 2.33 bits per heavy atom. The number of aromatic nitrogens is 1. The Hall–Kier alpha value is -0.900. The molecule has 1 atom stereocenters. The molecule has 1 fully saturated rings. The molecule has 0 radical (unpaired) electrons. The number of hydrogen-bond acceptors (Lipinski definition) is 3. The van der Waals surface area contributed by atoms with E-state index in [1.165, 1.54) is 0 Å². The summed E-state index contributed by atoms with van der Waals surface area (Å²) in [7, 11) is 0. The largest absolute Gasteiger partial charge is 0.488 e. The minimum absolute atomic E-state index is 0.0300. The molecule has 0 spiro atoms. The number of ketones is 1. The molecule has 1 heterocycles. The maximum atomic E-state index is 11.2. The summed E-state index contributed by atoms with van der Waals surface area (Å²) in [6.07, 6.45) is 6.54. The predicted molar refractivity (Wildman–Crippen MR) is 59.8 cm³/mol. The van der Waals surface area contributed by atoms with E-state index in [2.05, 4.69) is 20.9 Å². The van der Waals surface area contributed by atoms with Crippen LogP contribution in [-0.2, 0) is 4.79 Å². The quantitative estimate of drug-likeness (QED) is 0.829. The number of carbonyl (C=O) groups is 1. The predicted octanol–water partition coefficient (Wildman–Crippen LogP) is 2.73. The second-order valence-corrected chi connectivity index (χ2v) is 4.63. The van der Waals surface area contributed by atoms with E-state index in [0.29, 0.717) is 18.6 Å². The van der Waals surface area contributed by atoms with Crippen molar-refractivity contribution in [2.45, 2.75) is 31.8 Å². The minimum Gasteiger partial charge on any atom is -0.488 e. The molecule has 1 aliphatic rings. The molecule has 0 bridgehead atoms. The third kappa shape index (κ3) is 3.02. The van der Waals surface area contributed by atoms with Crippen molar-refractivity contribution in [2.24, 2.45) is 0 Å². The molecular formula is C11H12BrNO2. The second-order valence-electron chi connectivity index (χ2n) is 3.71. The second kappa shape index (κ2) is 4.75. The zero-order valence-electron chi connectivity index (χ0n) is 8.28. The summed E-state index contributed by atoms with van der Waals surface area (Å²) < 4.78 is 6.58. The van der Waals surface area contributed by atoms with Gasteiger partial charge in [0.15, 0.2) is 0 Å². The van der Waals surface area contributed by atoms with Crippen LogP contribution in [0.4, 0.5) is 0 Å². The van der Waals surface area contributed by atoms with E-state index in [4.69, 9.17) is 4.74 Å². The first-order chi connectivity index (χ1) is 7.24. The third-order valence-electron chi connectivity index (χ3n) is 2.42. The van der Waals surface area contributed by atoms with Crippen LogP contribution in [0.2, 0.25) is 0 Å². The minimum atomic E-state index is 0.0300. The van der Waals surface area contributed by atoms with Gasteiger partial charge >= 0.3 is 0 Å². The van der Waals surface area contributed by atoms with Gasteiger partial charge in [-0.2, -0.15) is 0 Å². The SMILES string of the molecule is O=C1CCCC(Oc2cncc(Br)c2)C1. The molecule has 3 nitrogen and oxygen atoms in total. The van der Waals surface area contributed by atoms with E-state index < -0.39 is 0 Å². The molecule has 1 aromatic rings. The summed E-state index contributed by atoms with van der Waals surface area (Å²) in [5.74, 6) is 1.03. The highest BCUT2D eigenvalue weighted by atomic mass is 79.9. The summed E-state index contributed by atoms with van der Waals surface area (Å²) in [4.78, 5) is 15.2. The Morgan fingerprint density at radius 3 is 3.07 bits per heavy atom. The molecule has 15 heavy (non-hydrogen) atoms. The van der Waals surface area contributed by atoms with Gasteiger partial charge in [-0.05, 0) is 34.8 Å². The van der Waals surface area contributed by atoms with Gasteiger partial charge in [-0.1, -0.05) is 0 Å². The molecule has 0 amide bonds. The van der Waals surface area contributed by atoms with Crippen LogP contribution in [0.15, 0.2) is 22.9 Å². The van der Waals surface area contributed by atoms with Crippen molar-refractivity contribution in [3.8, 4) is 5.75 Å². The first-order valence-electron chi connectivity index (χ1n) is 5.03. The van der Waals surface area contributed by atoms with Crippen molar-refractivity contribution in [3.63, 3.8) is 0 Å². The normalized spacial score (nSPS) is 21.4. The molecule has 0 aromatic carbocycles. The van der Waals surface area contributed by atoms with Crippen molar-refractivity contribution in [1.82, 2.24) is 4.98 Å². The van der Waals surface area contributed by atoms with Crippen molar-refractivity contribution < 1.29 is 9.53 Å². The zero-order valence-corrected chi connectivity index (χ0v) is 9.87. The van der Waals surface area contributed by atoms with Crippen molar-refractivity contribution in [2.75, 3.05) is 0 Å². The van der Waals surface area contributed by atoms with Gasteiger partial charge in [-0.15, -0.1) is 0 Å². The molecule has 0 aliphatic heterocycles. The van der Waals surface area contributed by atoms with Crippen molar-refractivity contribution >= 4 is 21.7 Å². The van der Waals surface area contributed by atoms with Crippen LogP contribution in [0, 0.1) is 0 Å². The van der Waals surface area contributed by atoms with Gasteiger partial charge in [0, 0.05) is 23.5 Å². The lowest BCUT2D eigenvalue weighted by Gasteiger charge is -2.21. The van der Waals surface area contributed by atoms with Crippen molar-refractivity contribution in [1.29, 1.82) is 0 Å². The fourth-order valence-corrected chi connectivity index (χ4v) is 2.08. The van der Waals surface area contributed by atoms with Gasteiger partial charge in [-0.3, -0.25) is 9.78 Å². The molecule has 0 saturated heterocycles. The highest BCUT2D eigenvalue weighted by molar-refractivity contribution is 9.10. The third-order valence-corrected chi connectivity index (χ3v) is 2.85. The Kier molecular flexibility index (Phi) is 3.36. The number of rotatable bonds is 2. The molecule has 1 aromatic heterocycles. The molecule has 2 rings (SSSR count).